The van der Waals surface area contributed by atoms with E-state index in [1.807, 2.05) is 6.08 Å². The van der Waals surface area contributed by atoms with Crippen molar-refractivity contribution in [1.82, 2.24) is 0 Å². The number of carboxylic acids is 1. The lowest BCUT2D eigenvalue weighted by molar-refractivity contribution is -0.131. The van der Waals surface area contributed by atoms with Gasteiger partial charge in [-0.15, -0.1) is 6.58 Å². The number of halogens is 2. The highest BCUT2D eigenvalue weighted by Crippen LogP contribution is 2.64. The second-order valence-corrected chi connectivity index (χ2v) is 13.5. The third kappa shape index (κ3) is 4.55. The summed E-state index contributed by atoms with van der Waals surface area (Å²) in [6, 6.07) is 12.1. The molecule has 2 heterocycles. The minimum atomic E-state index is -1.46. The number of aromatic carboxylic acids is 1. The number of amides is 4. The second-order valence-electron chi connectivity index (χ2n) is 13.1. The van der Waals surface area contributed by atoms with E-state index >= 15 is 0 Å². The van der Waals surface area contributed by atoms with Crippen LogP contribution in [0.1, 0.15) is 47.2 Å². The maximum atomic E-state index is 14.6. The number of anilines is 2. The number of allylic oxidation sites excluding steroid dienone is 3. The number of nitrogens with zero attached hydrogens (tertiary/aromatic N) is 2. The van der Waals surface area contributed by atoms with E-state index in [-0.39, 0.29) is 35.0 Å². The highest BCUT2D eigenvalue weighted by Gasteiger charge is 2.68. The minimum absolute atomic E-state index is 0.00639. The zero-order valence-electron chi connectivity index (χ0n) is 26.1. The van der Waals surface area contributed by atoms with E-state index in [2.05, 4.69) is 6.58 Å². The molecule has 3 aromatic carbocycles. The van der Waals surface area contributed by atoms with Gasteiger partial charge in [0.15, 0.2) is 0 Å². The molecule has 6 atom stereocenters. The van der Waals surface area contributed by atoms with Gasteiger partial charge in [0.05, 0.1) is 39.6 Å². The van der Waals surface area contributed by atoms with Gasteiger partial charge in [-0.2, -0.15) is 0 Å². The fourth-order valence-corrected chi connectivity index (χ4v) is 8.66. The molecule has 2 aliphatic heterocycles. The normalized spacial score (nSPS) is 27.5. The standard InChI is InChI=1S/C37H30ClFN2O8/c1-3-5-17-6-4-7-23(31(17)43)30-20-11-12-22-29(34(46)40(32(22)44)19-8-10-21(35(47)48)28(42)15-19)24(20)16-25-33(45)41(36(49)37(25,30)2)18-9-13-27(39)26(38)14-18/h3-4,6-11,13-15,22,24-25,29-30,42-43H,1,5,12,16H2,2H3,(H,47,48). The summed E-state index contributed by atoms with van der Waals surface area (Å²) >= 11 is 6.06. The second kappa shape index (κ2) is 11.4. The Morgan fingerprint density at radius 3 is 2.39 bits per heavy atom. The number of phenolic OH excluding ortho intramolecular Hbond substituents is 1. The van der Waals surface area contributed by atoms with Crippen LogP contribution in [0, 0.1) is 34.9 Å². The van der Waals surface area contributed by atoms with Crippen LogP contribution >= 0.6 is 11.6 Å². The molecule has 3 N–H and O–H groups in total. The van der Waals surface area contributed by atoms with Gasteiger partial charge in [0, 0.05) is 17.5 Å². The summed E-state index contributed by atoms with van der Waals surface area (Å²) in [6.45, 7) is 5.43. The van der Waals surface area contributed by atoms with E-state index in [1.54, 1.807) is 31.2 Å². The lowest BCUT2D eigenvalue weighted by atomic mass is 9.51. The van der Waals surface area contributed by atoms with Gasteiger partial charge >= 0.3 is 5.97 Å². The van der Waals surface area contributed by atoms with E-state index < -0.39 is 81.7 Å². The lowest BCUT2D eigenvalue weighted by Gasteiger charge is -2.49. The number of rotatable bonds is 6. The first-order valence-electron chi connectivity index (χ1n) is 15.7. The molecular formula is C37H30ClFN2O8. The summed E-state index contributed by atoms with van der Waals surface area (Å²) < 4.78 is 14.1. The molecule has 4 amide bonds. The molecule has 0 bridgehead atoms. The number of carbonyl (C=O) groups is 5. The van der Waals surface area contributed by atoms with Crippen molar-refractivity contribution in [2.45, 2.75) is 32.1 Å². The molecule has 4 aliphatic rings. The summed E-state index contributed by atoms with van der Waals surface area (Å²) in [7, 11) is 0. The number of fused-ring (bicyclic) bond motifs is 4. The SMILES string of the molecule is C=CCc1cccc(C2C3=CCC4C(=O)N(c5ccc(C(=O)O)c(O)c5)C(=O)C4C3CC3C(=O)N(c4ccc(F)c(Cl)c4)C(=O)C32C)c1O. The van der Waals surface area contributed by atoms with Gasteiger partial charge in [-0.3, -0.25) is 19.2 Å². The van der Waals surface area contributed by atoms with Gasteiger partial charge in [0.25, 0.3) is 0 Å². The third-order valence-electron chi connectivity index (χ3n) is 10.7. The number of aromatic hydroxyl groups is 2. The average Bonchev–Trinajstić information content (AvgIpc) is 3.43. The Morgan fingerprint density at radius 1 is 1.00 bits per heavy atom. The molecular weight excluding hydrogens is 655 g/mol. The van der Waals surface area contributed by atoms with Crippen LogP contribution in [0.25, 0.3) is 0 Å². The number of para-hydroxylation sites is 1. The molecule has 10 nitrogen and oxygen atoms in total. The van der Waals surface area contributed by atoms with Crippen LogP contribution < -0.4 is 9.80 Å². The maximum absolute atomic E-state index is 14.6. The molecule has 0 spiro atoms. The van der Waals surface area contributed by atoms with E-state index in [1.165, 1.54) is 18.2 Å². The molecule has 7 rings (SSSR count). The van der Waals surface area contributed by atoms with E-state index in [9.17, 15) is 43.7 Å². The monoisotopic (exact) mass is 684 g/mol. The molecule has 2 aliphatic carbocycles. The largest absolute Gasteiger partial charge is 0.507 e. The van der Waals surface area contributed by atoms with Gasteiger partial charge in [0.1, 0.15) is 22.9 Å². The van der Waals surface area contributed by atoms with Gasteiger partial charge in [0.2, 0.25) is 23.6 Å². The van der Waals surface area contributed by atoms with Crippen molar-refractivity contribution in [2.75, 3.05) is 9.80 Å². The predicted octanol–water partition coefficient (Wildman–Crippen LogP) is 5.75. The molecule has 6 unspecified atom stereocenters. The predicted molar refractivity (Wildman–Crippen MR) is 176 cm³/mol. The number of imide groups is 2. The first-order chi connectivity index (χ1) is 23.3. The molecule has 3 aromatic rings. The summed E-state index contributed by atoms with van der Waals surface area (Å²) in [5.41, 5.74) is -0.201. The number of carbonyl (C=O) groups excluding carboxylic acids is 4. The van der Waals surface area contributed by atoms with Crippen LogP contribution in [0.3, 0.4) is 0 Å². The Labute approximate surface area is 284 Å². The van der Waals surface area contributed by atoms with Crippen LogP contribution in [0.4, 0.5) is 15.8 Å². The zero-order chi connectivity index (χ0) is 35.1. The Morgan fingerprint density at radius 2 is 1.71 bits per heavy atom. The topological polar surface area (TPSA) is 153 Å². The summed E-state index contributed by atoms with van der Waals surface area (Å²) in [5, 5.41) is 31.0. The molecule has 2 saturated heterocycles. The molecule has 12 heteroatoms. The van der Waals surface area contributed by atoms with Crippen LogP contribution in [0.5, 0.6) is 11.5 Å². The van der Waals surface area contributed by atoms with Crippen LogP contribution in [-0.4, -0.2) is 44.9 Å². The lowest BCUT2D eigenvalue weighted by Crippen LogP contribution is -2.49. The highest BCUT2D eigenvalue weighted by molar-refractivity contribution is 6.32. The number of hydrogen-bond acceptors (Lipinski definition) is 7. The average molecular weight is 685 g/mol. The smallest absolute Gasteiger partial charge is 0.339 e. The maximum Gasteiger partial charge on any atom is 0.339 e. The molecule has 0 aromatic heterocycles. The Balaban J connectivity index is 1.37. The number of carboxylic acid groups (broad SMARTS) is 1. The Bertz CT molecular complexity index is 2060. The van der Waals surface area contributed by atoms with Crippen LogP contribution in [-0.2, 0) is 25.6 Å². The summed E-state index contributed by atoms with van der Waals surface area (Å²) in [4.78, 5) is 70.4. The van der Waals surface area contributed by atoms with Crippen molar-refractivity contribution in [1.29, 1.82) is 0 Å². The summed E-state index contributed by atoms with van der Waals surface area (Å²) in [5.74, 6) is -9.45. The van der Waals surface area contributed by atoms with Crippen molar-refractivity contribution in [2.24, 2.45) is 29.1 Å². The zero-order valence-corrected chi connectivity index (χ0v) is 26.9. The molecule has 3 fully saturated rings. The molecule has 49 heavy (non-hydrogen) atoms. The number of phenols is 2. The number of benzene rings is 3. The quantitative estimate of drug-likeness (QED) is 0.219. The van der Waals surface area contributed by atoms with Crippen LogP contribution in [0.15, 0.2) is 78.9 Å². The summed E-state index contributed by atoms with van der Waals surface area (Å²) in [6.07, 6.45) is 3.92. The van der Waals surface area contributed by atoms with Crippen LogP contribution in [0.2, 0.25) is 5.02 Å². The first kappa shape index (κ1) is 32.3. The minimum Gasteiger partial charge on any atom is -0.507 e. The fourth-order valence-electron chi connectivity index (χ4n) is 8.49. The van der Waals surface area contributed by atoms with Crippen molar-refractivity contribution in [3.05, 3.63) is 106 Å². The van der Waals surface area contributed by atoms with E-state index in [4.69, 9.17) is 11.6 Å². The van der Waals surface area contributed by atoms with Gasteiger partial charge in [-0.25, -0.2) is 19.0 Å². The Kier molecular flexibility index (Phi) is 7.51. The Hall–Kier alpha value is -5.29. The highest BCUT2D eigenvalue weighted by atomic mass is 35.5. The molecule has 250 valence electrons. The number of hydrogen-bond donors (Lipinski definition) is 3. The van der Waals surface area contributed by atoms with Gasteiger partial charge in [-0.05, 0) is 68.0 Å². The van der Waals surface area contributed by atoms with E-state index in [0.717, 1.165) is 28.0 Å². The van der Waals surface area contributed by atoms with Gasteiger partial charge in [-0.1, -0.05) is 47.5 Å². The molecule has 0 radical (unpaired) electrons. The molecule has 1 saturated carbocycles. The van der Waals surface area contributed by atoms with Crippen molar-refractivity contribution in [3.8, 4) is 11.5 Å². The first-order valence-corrected chi connectivity index (χ1v) is 16.1. The van der Waals surface area contributed by atoms with E-state index in [0.29, 0.717) is 23.1 Å². The van der Waals surface area contributed by atoms with Crippen molar-refractivity contribution < 1.29 is 43.7 Å². The van der Waals surface area contributed by atoms with Crippen molar-refractivity contribution >= 4 is 52.6 Å². The third-order valence-corrected chi connectivity index (χ3v) is 11.0. The van der Waals surface area contributed by atoms with Crippen molar-refractivity contribution in [3.63, 3.8) is 0 Å². The van der Waals surface area contributed by atoms with Gasteiger partial charge < -0.3 is 15.3 Å². The fraction of sp³-hybridized carbons (Fsp3) is 0.270.